The van der Waals surface area contributed by atoms with Crippen LogP contribution in [0.4, 0.5) is 5.69 Å². The van der Waals surface area contributed by atoms with E-state index in [-0.39, 0.29) is 11.9 Å². The van der Waals surface area contributed by atoms with Crippen molar-refractivity contribution in [3.05, 3.63) is 34.8 Å². The molecule has 3 rings (SSSR count). The Morgan fingerprint density at radius 3 is 3.10 bits per heavy atom. The molecule has 5 nitrogen and oxygen atoms in total. The first kappa shape index (κ1) is 13.1. The summed E-state index contributed by atoms with van der Waals surface area (Å²) in [5.41, 5.74) is 1.57. The summed E-state index contributed by atoms with van der Waals surface area (Å²) < 4.78 is 9.57. The number of rotatable bonds is 2. The van der Waals surface area contributed by atoms with E-state index in [1.165, 1.54) is 0 Å². The van der Waals surface area contributed by atoms with Crippen LogP contribution in [-0.4, -0.2) is 28.1 Å². The molecule has 2 aromatic rings. The normalized spacial score (nSPS) is 17.5. The van der Waals surface area contributed by atoms with Gasteiger partial charge in [-0.2, -0.15) is 0 Å². The maximum Gasteiger partial charge on any atom is 0.272 e. The van der Waals surface area contributed by atoms with Gasteiger partial charge < -0.3 is 4.74 Å². The van der Waals surface area contributed by atoms with Gasteiger partial charge in [-0.1, -0.05) is 23.5 Å². The molecule has 1 amide bonds. The van der Waals surface area contributed by atoms with Gasteiger partial charge in [-0.05, 0) is 37.0 Å². The van der Waals surface area contributed by atoms with Crippen molar-refractivity contribution in [2.45, 2.75) is 26.3 Å². The fourth-order valence-electron chi connectivity index (χ4n) is 2.32. The fraction of sp³-hybridized carbons (Fsp3) is 0.357. The second-order valence-electron chi connectivity index (χ2n) is 4.71. The molecule has 0 radical (unpaired) electrons. The predicted molar refractivity (Wildman–Crippen MR) is 77.5 cm³/mol. The number of carbonyl (C=O) groups is 1. The topological polar surface area (TPSA) is 55.3 Å². The van der Waals surface area contributed by atoms with Crippen LogP contribution >= 0.6 is 11.5 Å². The van der Waals surface area contributed by atoms with Crippen LogP contribution < -0.4 is 9.64 Å². The maximum atomic E-state index is 12.8. The third-order valence-electron chi connectivity index (χ3n) is 3.35. The van der Waals surface area contributed by atoms with Gasteiger partial charge in [0.2, 0.25) is 0 Å². The third kappa shape index (κ3) is 2.06. The van der Waals surface area contributed by atoms with Crippen LogP contribution in [0.1, 0.15) is 29.2 Å². The van der Waals surface area contributed by atoms with E-state index >= 15 is 0 Å². The van der Waals surface area contributed by atoms with Crippen LogP contribution in [0.15, 0.2) is 24.3 Å². The number of carbonyl (C=O) groups excluding carboxylic acids is 1. The molecule has 2 heterocycles. The number of fused-ring (bicyclic) bond motifs is 1. The molecule has 1 aliphatic rings. The highest BCUT2D eigenvalue weighted by Gasteiger charge is 2.32. The Kier molecular flexibility index (Phi) is 3.40. The van der Waals surface area contributed by atoms with E-state index in [2.05, 4.69) is 9.59 Å². The molecule has 1 atom stereocenters. The Labute approximate surface area is 121 Å². The van der Waals surface area contributed by atoms with E-state index in [1.807, 2.05) is 38.1 Å². The zero-order valence-electron chi connectivity index (χ0n) is 11.4. The van der Waals surface area contributed by atoms with Gasteiger partial charge in [0, 0.05) is 0 Å². The van der Waals surface area contributed by atoms with E-state index < -0.39 is 0 Å². The Hall–Kier alpha value is -1.95. The van der Waals surface area contributed by atoms with Crippen LogP contribution in [0.25, 0.3) is 0 Å². The van der Waals surface area contributed by atoms with Gasteiger partial charge in [0.25, 0.3) is 5.91 Å². The van der Waals surface area contributed by atoms with Crippen molar-refractivity contribution in [3.63, 3.8) is 0 Å². The highest BCUT2D eigenvalue weighted by Crippen LogP contribution is 2.35. The predicted octanol–water partition coefficient (Wildman–Crippen LogP) is 2.53. The average molecular weight is 289 g/mol. The number of aryl methyl sites for hydroxylation is 1. The summed E-state index contributed by atoms with van der Waals surface area (Å²) in [4.78, 5) is 15.2. The summed E-state index contributed by atoms with van der Waals surface area (Å²) in [6.45, 7) is 4.45. The molecule has 0 N–H and O–H groups in total. The van der Waals surface area contributed by atoms with Crippen molar-refractivity contribution in [2.24, 2.45) is 0 Å². The Morgan fingerprint density at radius 1 is 1.50 bits per heavy atom. The summed E-state index contributed by atoms with van der Waals surface area (Å²) in [5.74, 6) is 0.703. The largest absolute Gasteiger partial charge is 0.489 e. The van der Waals surface area contributed by atoms with Crippen molar-refractivity contribution in [2.75, 3.05) is 11.5 Å². The van der Waals surface area contributed by atoms with E-state index in [0.29, 0.717) is 17.9 Å². The number of nitrogens with zero attached hydrogens (tertiary/aromatic N) is 3. The Bertz CT molecular complexity index is 641. The van der Waals surface area contributed by atoms with Crippen LogP contribution in [0.5, 0.6) is 5.75 Å². The fourth-order valence-corrected chi connectivity index (χ4v) is 3.01. The molecule has 1 unspecified atom stereocenters. The van der Waals surface area contributed by atoms with Crippen molar-refractivity contribution in [3.8, 4) is 5.75 Å². The number of benzene rings is 1. The summed E-state index contributed by atoms with van der Waals surface area (Å²) in [6, 6.07) is 7.59. The lowest BCUT2D eigenvalue weighted by atomic mass is 10.1. The summed E-state index contributed by atoms with van der Waals surface area (Å²) in [5, 5.41) is 4.02. The van der Waals surface area contributed by atoms with Crippen molar-refractivity contribution in [1.82, 2.24) is 9.59 Å². The molecule has 20 heavy (non-hydrogen) atoms. The standard InChI is InChI=1S/C14H15N3O2S/c1-3-10-13(20-16-15-10)14(18)17-9(2)8-19-12-7-5-4-6-11(12)17/h4-7,9H,3,8H2,1-2H3. The number of hydrogen-bond donors (Lipinski definition) is 0. The van der Waals surface area contributed by atoms with Crippen molar-refractivity contribution >= 4 is 23.1 Å². The monoisotopic (exact) mass is 289 g/mol. The van der Waals surface area contributed by atoms with Gasteiger partial charge in [-0.3, -0.25) is 9.69 Å². The van der Waals surface area contributed by atoms with Gasteiger partial charge in [0.05, 0.1) is 17.4 Å². The van der Waals surface area contributed by atoms with Crippen LogP contribution in [0.2, 0.25) is 0 Å². The lowest BCUT2D eigenvalue weighted by molar-refractivity contribution is 0.0964. The minimum Gasteiger partial charge on any atom is -0.489 e. The first-order valence-electron chi connectivity index (χ1n) is 6.59. The minimum atomic E-state index is -0.0416. The molecule has 1 aromatic carbocycles. The minimum absolute atomic E-state index is 0.00999. The van der Waals surface area contributed by atoms with Crippen molar-refractivity contribution in [1.29, 1.82) is 0 Å². The maximum absolute atomic E-state index is 12.8. The van der Waals surface area contributed by atoms with Gasteiger partial charge in [-0.15, -0.1) is 5.10 Å². The number of anilines is 1. The zero-order chi connectivity index (χ0) is 14.1. The molecule has 1 aromatic heterocycles. The Morgan fingerprint density at radius 2 is 2.30 bits per heavy atom. The van der Waals surface area contributed by atoms with E-state index in [4.69, 9.17) is 4.74 Å². The van der Waals surface area contributed by atoms with Crippen LogP contribution in [0, 0.1) is 0 Å². The third-order valence-corrected chi connectivity index (χ3v) is 4.11. The summed E-state index contributed by atoms with van der Waals surface area (Å²) >= 11 is 1.16. The lowest BCUT2D eigenvalue weighted by Crippen LogP contribution is -2.45. The molecule has 104 valence electrons. The molecule has 0 fully saturated rings. The van der Waals surface area contributed by atoms with Gasteiger partial charge in [0.1, 0.15) is 17.2 Å². The van der Waals surface area contributed by atoms with E-state index in [0.717, 1.165) is 28.7 Å². The molecule has 1 aliphatic heterocycles. The smallest absolute Gasteiger partial charge is 0.272 e. The number of ether oxygens (including phenoxy) is 1. The summed E-state index contributed by atoms with van der Waals surface area (Å²) in [7, 11) is 0. The second-order valence-corrected chi connectivity index (χ2v) is 5.46. The van der Waals surface area contributed by atoms with Gasteiger partial charge >= 0.3 is 0 Å². The quantitative estimate of drug-likeness (QED) is 0.852. The molecule has 0 saturated heterocycles. The first-order chi connectivity index (χ1) is 9.72. The van der Waals surface area contributed by atoms with Crippen LogP contribution in [0.3, 0.4) is 0 Å². The molecule has 6 heteroatoms. The molecule has 0 aliphatic carbocycles. The first-order valence-corrected chi connectivity index (χ1v) is 7.36. The lowest BCUT2D eigenvalue weighted by Gasteiger charge is -2.34. The second kappa shape index (κ2) is 5.20. The van der Waals surface area contributed by atoms with Crippen molar-refractivity contribution < 1.29 is 9.53 Å². The van der Waals surface area contributed by atoms with E-state index in [1.54, 1.807) is 4.90 Å². The number of aromatic nitrogens is 2. The Balaban J connectivity index is 2.03. The highest BCUT2D eigenvalue weighted by molar-refractivity contribution is 7.08. The van der Waals surface area contributed by atoms with E-state index in [9.17, 15) is 4.79 Å². The van der Waals surface area contributed by atoms with Gasteiger partial charge in [-0.25, -0.2) is 0 Å². The molecule has 0 bridgehead atoms. The SMILES string of the molecule is CCc1nnsc1C(=O)N1c2ccccc2OCC1C. The van der Waals surface area contributed by atoms with Crippen LogP contribution in [-0.2, 0) is 6.42 Å². The zero-order valence-corrected chi connectivity index (χ0v) is 12.2. The van der Waals surface area contributed by atoms with Gasteiger partial charge in [0.15, 0.2) is 0 Å². The molecular formula is C14H15N3O2S. The molecule has 0 spiro atoms. The average Bonchev–Trinajstić information content (AvgIpc) is 2.95. The number of amides is 1. The highest BCUT2D eigenvalue weighted by atomic mass is 32.1. The summed E-state index contributed by atoms with van der Waals surface area (Å²) in [6.07, 6.45) is 0.706. The number of para-hydroxylation sites is 2. The molecule has 0 saturated carbocycles. The number of hydrogen-bond acceptors (Lipinski definition) is 5. The molecular weight excluding hydrogens is 274 g/mol.